The van der Waals surface area contributed by atoms with Gasteiger partial charge in [-0.1, -0.05) is 13.3 Å². The molecule has 0 amide bonds. The molecule has 1 aromatic carbocycles. The van der Waals surface area contributed by atoms with Gasteiger partial charge in [-0.2, -0.15) is 5.10 Å². The van der Waals surface area contributed by atoms with Crippen molar-refractivity contribution < 1.29 is 19.4 Å². The first-order valence-corrected chi connectivity index (χ1v) is 6.41. The molecule has 2 heterocycles. The Bertz CT molecular complexity index is 663. The maximum absolute atomic E-state index is 11.1. The number of hydrogen-bond acceptors (Lipinski definition) is 4. The topological polar surface area (TPSA) is 73.6 Å². The molecular formula is C14H14N2O4. The van der Waals surface area contributed by atoms with Crippen LogP contribution in [-0.2, 0) is 6.42 Å². The van der Waals surface area contributed by atoms with Crippen LogP contribution in [0.25, 0.3) is 5.69 Å². The van der Waals surface area contributed by atoms with E-state index in [4.69, 9.17) is 14.6 Å². The lowest BCUT2D eigenvalue weighted by Gasteiger charge is -2.07. The highest BCUT2D eigenvalue weighted by Crippen LogP contribution is 2.33. The van der Waals surface area contributed by atoms with Crippen molar-refractivity contribution in [3.05, 3.63) is 35.7 Å². The Labute approximate surface area is 115 Å². The fourth-order valence-corrected chi connectivity index (χ4v) is 2.20. The second kappa shape index (κ2) is 4.88. The van der Waals surface area contributed by atoms with Crippen molar-refractivity contribution in [2.45, 2.75) is 19.8 Å². The zero-order chi connectivity index (χ0) is 14.1. The van der Waals surface area contributed by atoms with Crippen molar-refractivity contribution in [3.63, 3.8) is 0 Å². The van der Waals surface area contributed by atoms with Gasteiger partial charge in [0, 0.05) is 11.8 Å². The number of nitrogens with zero attached hydrogens (tertiary/aromatic N) is 2. The number of carboxylic acids is 1. The van der Waals surface area contributed by atoms with Crippen LogP contribution in [0.1, 0.15) is 29.5 Å². The number of carboxylic acid groups (broad SMARTS) is 1. The molecule has 0 aliphatic carbocycles. The lowest BCUT2D eigenvalue weighted by molar-refractivity contribution is 0.0690. The summed E-state index contributed by atoms with van der Waals surface area (Å²) in [6.07, 6.45) is 1.67. The van der Waals surface area contributed by atoms with Gasteiger partial charge in [0.1, 0.15) is 0 Å². The maximum atomic E-state index is 11.1. The third-order valence-corrected chi connectivity index (χ3v) is 3.11. The van der Waals surface area contributed by atoms with E-state index >= 15 is 0 Å². The van der Waals surface area contributed by atoms with Gasteiger partial charge in [-0.05, 0) is 24.6 Å². The van der Waals surface area contributed by atoms with Crippen molar-refractivity contribution in [1.82, 2.24) is 9.78 Å². The number of ether oxygens (including phenoxy) is 2. The first-order valence-electron chi connectivity index (χ1n) is 6.41. The Balaban J connectivity index is 2.06. The highest BCUT2D eigenvalue weighted by molar-refractivity contribution is 5.85. The van der Waals surface area contributed by atoms with Crippen LogP contribution in [-0.4, -0.2) is 27.6 Å². The highest BCUT2D eigenvalue weighted by Gasteiger charge is 2.17. The summed E-state index contributed by atoms with van der Waals surface area (Å²) >= 11 is 0. The summed E-state index contributed by atoms with van der Waals surface area (Å²) < 4.78 is 12.2. The zero-order valence-corrected chi connectivity index (χ0v) is 11.0. The summed E-state index contributed by atoms with van der Waals surface area (Å²) in [6.45, 7) is 2.25. The Morgan fingerprint density at radius 1 is 1.35 bits per heavy atom. The standard InChI is InChI=1S/C14H14N2O4/c1-2-3-9-6-11(14(17)18)15-16(9)10-4-5-12-13(7-10)20-8-19-12/h4-7H,2-3,8H2,1H3,(H,17,18). The van der Waals surface area contributed by atoms with Crippen molar-refractivity contribution in [3.8, 4) is 17.2 Å². The number of benzene rings is 1. The van der Waals surface area contributed by atoms with E-state index in [1.165, 1.54) is 0 Å². The molecule has 104 valence electrons. The minimum absolute atomic E-state index is 0.0473. The molecule has 2 aromatic rings. The predicted molar refractivity (Wildman–Crippen MR) is 70.6 cm³/mol. The van der Waals surface area contributed by atoms with Crippen molar-refractivity contribution in [1.29, 1.82) is 0 Å². The average molecular weight is 274 g/mol. The molecule has 0 saturated heterocycles. The van der Waals surface area contributed by atoms with E-state index in [1.54, 1.807) is 22.9 Å². The molecule has 0 atom stereocenters. The van der Waals surface area contributed by atoms with Gasteiger partial charge in [-0.3, -0.25) is 0 Å². The molecule has 0 bridgehead atoms. The lowest BCUT2D eigenvalue weighted by atomic mass is 10.2. The van der Waals surface area contributed by atoms with Crippen LogP contribution in [0.3, 0.4) is 0 Å². The Morgan fingerprint density at radius 3 is 2.90 bits per heavy atom. The van der Waals surface area contributed by atoms with Crippen LogP contribution >= 0.6 is 0 Å². The molecule has 20 heavy (non-hydrogen) atoms. The molecule has 0 fully saturated rings. The number of rotatable bonds is 4. The Kier molecular flexibility index (Phi) is 3.06. The van der Waals surface area contributed by atoms with Crippen LogP contribution in [0.15, 0.2) is 24.3 Å². The van der Waals surface area contributed by atoms with Crippen LogP contribution in [0.5, 0.6) is 11.5 Å². The SMILES string of the molecule is CCCc1cc(C(=O)O)nn1-c1ccc2c(c1)OCO2. The van der Waals surface area contributed by atoms with Crippen molar-refractivity contribution in [2.24, 2.45) is 0 Å². The molecule has 6 heteroatoms. The molecule has 1 aliphatic heterocycles. The van der Waals surface area contributed by atoms with Crippen molar-refractivity contribution in [2.75, 3.05) is 6.79 Å². The minimum atomic E-state index is -1.03. The van der Waals surface area contributed by atoms with Gasteiger partial charge >= 0.3 is 5.97 Å². The van der Waals surface area contributed by atoms with Crippen molar-refractivity contribution >= 4 is 5.97 Å². The second-order valence-corrected chi connectivity index (χ2v) is 4.53. The molecule has 1 aromatic heterocycles. The van der Waals surface area contributed by atoms with Gasteiger partial charge in [0.15, 0.2) is 17.2 Å². The molecule has 0 radical (unpaired) electrons. The van der Waals surface area contributed by atoms with Crippen LogP contribution in [0.2, 0.25) is 0 Å². The summed E-state index contributed by atoms with van der Waals surface area (Å²) in [5.74, 6) is 0.315. The van der Waals surface area contributed by atoms with E-state index in [0.717, 1.165) is 24.2 Å². The monoisotopic (exact) mass is 274 g/mol. The molecule has 6 nitrogen and oxygen atoms in total. The fourth-order valence-electron chi connectivity index (χ4n) is 2.20. The molecule has 0 unspecified atom stereocenters. The van der Waals surface area contributed by atoms with Crippen LogP contribution in [0.4, 0.5) is 0 Å². The Hall–Kier alpha value is -2.50. The number of aromatic nitrogens is 2. The number of aryl methyl sites for hydroxylation is 1. The predicted octanol–water partition coefficient (Wildman–Crippen LogP) is 2.25. The molecule has 0 spiro atoms. The third kappa shape index (κ3) is 2.09. The number of aromatic carboxylic acids is 1. The minimum Gasteiger partial charge on any atom is -0.476 e. The van der Waals surface area contributed by atoms with E-state index in [2.05, 4.69) is 5.10 Å². The molecule has 1 aliphatic rings. The lowest BCUT2D eigenvalue weighted by Crippen LogP contribution is -2.03. The maximum Gasteiger partial charge on any atom is 0.356 e. The molecular weight excluding hydrogens is 260 g/mol. The van der Waals surface area contributed by atoms with E-state index in [-0.39, 0.29) is 12.5 Å². The molecule has 1 N–H and O–H groups in total. The van der Waals surface area contributed by atoms with Gasteiger partial charge in [-0.25, -0.2) is 9.48 Å². The van der Waals surface area contributed by atoms with E-state index in [1.807, 2.05) is 13.0 Å². The van der Waals surface area contributed by atoms with Gasteiger partial charge in [-0.15, -0.1) is 0 Å². The summed E-state index contributed by atoms with van der Waals surface area (Å²) in [7, 11) is 0. The number of hydrogen-bond donors (Lipinski definition) is 1. The smallest absolute Gasteiger partial charge is 0.356 e. The van der Waals surface area contributed by atoms with Gasteiger partial charge < -0.3 is 14.6 Å². The van der Waals surface area contributed by atoms with Gasteiger partial charge in [0.05, 0.1) is 5.69 Å². The summed E-state index contributed by atoms with van der Waals surface area (Å²) in [4.78, 5) is 11.1. The quantitative estimate of drug-likeness (QED) is 0.925. The third-order valence-electron chi connectivity index (χ3n) is 3.11. The highest BCUT2D eigenvalue weighted by atomic mass is 16.7. The number of fused-ring (bicyclic) bond motifs is 1. The first kappa shape index (κ1) is 12.5. The summed E-state index contributed by atoms with van der Waals surface area (Å²) in [5, 5.41) is 13.2. The Morgan fingerprint density at radius 2 is 2.15 bits per heavy atom. The van der Waals surface area contributed by atoms with E-state index in [0.29, 0.717) is 11.5 Å². The first-order chi connectivity index (χ1) is 9.69. The average Bonchev–Trinajstić information content (AvgIpc) is 3.04. The normalized spacial score (nSPS) is 12.7. The van der Waals surface area contributed by atoms with E-state index < -0.39 is 5.97 Å². The summed E-state index contributed by atoms with van der Waals surface area (Å²) in [5.41, 5.74) is 1.68. The molecule has 3 rings (SSSR count). The van der Waals surface area contributed by atoms with Crippen LogP contribution < -0.4 is 9.47 Å². The second-order valence-electron chi connectivity index (χ2n) is 4.53. The zero-order valence-electron chi connectivity index (χ0n) is 11.0. The summed E-state index contributed by atoms with van der Waals surface area (Å²) in [6, 6.07) is 7.05. The van der Waals surface area contributed by atoms with Crippen LogP contribution in [0, 0.1) is 0 Å². The molecule has 0 saturated carbocycles. The van der Waals surface area contributed by atoms with E-state index in [9.17, 15) is 4.79 Å². The number of carbonyl (C=O) groups is 1. The largest absolute Gasteiger partial charge is 0.476 e. The fraction of sp³-hybridized carbons (Fsp3) is 0.286. The van der Waals surface area contributed by atoms with Gasteiger partial charge in [0.2, 0.25) is 6.79 Å². The van der Waals surface area contributed by atoms with Gasteiger partial charge in [0.25, 0.3) is 0 Å².